The van der Waals surface area contributed by atoms with E-state index in [1.165, 1.54) is 5.39 Å². The Kier molecular flexibility index (Phi) is 3.13. The molecule has 0 spiro atoms. The maximum atomic E-state index is 11.9. The molecule has 3 nitrogen and oxygen atoms in total. The van der Waals surface area contributed by atoms with Gasteiger partial charge in [0.25, 0.3) is 0 Å². The van der Waals surface area contributed by atoms with Gasteiger partial charge in [0.15, 0.2) is 5.70 Å². The number of carbonyl (C=O) groups excluding carboxylic acids is 1. The lowest BCUT2D eigenvalue weighted by Gasteiger charge is -2.15. The molecule has 1 aliphatic rings. The summed E-state index contributed by atoms with van der Waals surface area (Å²) in [7, 11) is 0. The van der Waals surface area contributed by atoms with Gasteiger partial charge in [0.05, 0.1) is 0 Å². The van der Waals surface area contributed by atoms with Gasteiger partial charge in [-0.2, -0.15) is 0 Å². The second-order valence-corrected chi connectivity index (χ2v) is 6.19. The maximum Gasteiger partial charge on any atom is 0.363 e. The number of esters is 1. The molecule has 2 aromatic carbocycles. The summed E-state index contributed by atoms with van der Waals surface area (Å²) in [5.74, 6) is 0.0904. The molecule has 0 saturated carbocycles. The van der Waals surface area contributed by atoms with Crippen LogP contribution in [0.1, 0.15) is 26.3 Å². The molecule has 106 valence electrons. The molecular formula is C18H17NO2. The van der Waals surface area contributed by atoms with Gasteiger partial charge in [0.2, 0.25) is 5.90 Å². The third-order valence-electron chi connectivity index (χ3n) is 3.34. The summed E-state index contributed by atoms with van der Waals surface area (Å²) in [6, 6.07) is 14.2. The fourth-order valence-electron chi connectivity index (χ4n) is 2.19. The van der Waals surface area contributed by atoms with Gasteiger partial charge >= 0.3 is 5.97 Å². The molecule has 0 N–H and O–H groups in total. The topological polar surface area (TPSA) is 38.7 Å². The van der Waals surface area contributed by atoms with E-state index in [0.717, 1.165) is 10.9 Å². The minimum absolute atomic E-state index is 0.269. The largest absolute Gasteiger partial charge is 0.406 e. The third kappa shape index (κ3) is 2.72. The van der Waals surface area contributed by atoms with Crippen LogP contribution in [0.3, 0.4) is 0 Å². The Balaban J connectivity index is 2.00. The molecule has 0 amide bonds. The highest BCUT2D eigenvalue weighted by Gasteiger charge is 2.31. The van der Waals surface area contributed by atoms with E-state index in [9.17, 15) is 4.79 Å². The van der Waals surface area contributed by atoms with Crippen LogP contribution in [0.2, 0.25) is 0 Å². The number of fused-ring (bicyclic) bond motifs is 1. The fourth-order valence-corrected chi connectivity index (χ4v) is 2.19. The monoisotopic (exact) mass is 279 g/mol. The predicted molar refractivity (Wildman–Crippen MR) is 84.9 cm³/mol. The second-order valence-electron chi connectivity index (χ2n) is 6.19. The summed E-state index contributed by atoms with van der Waals surface area (Å²) in [6.45, 7) is 5.91. The van der Waals surface area contributed by atoms with Crippen LogP contribution in [0.25, 0.3) is 16.8 Å². The summed E-state index contributed by atoms with van der Waals surface area (Å²) < 4.78 is 5.24. The molecule has 0 atom stereocenters. The van der Waals surface area contributed by atoms with Crippen molar-refractivity contribution in [2.45, 2.75) is 20.8 Å². The molecule has 0 aliphatic carbocycles. The average Bonchev–Trinajstić information content (AvgIpc) is 2.80. The van der Waals surface area contributed by atoms with E-state index < -0.39 is 0 Å². The van der Waals surface area contributed by atoms with Gasteiger partial charge in [0.1, 0.15) is 0 Å². The van der Waals surface area contributed by atoms with Crippen LogP contribution in [0.4, 0.5) is 0 Å². The van der Waals surface area contributed by atoms with Crippen LogP contribution in [0.5, 0.6) is 0 Å². The first-order valence-corrected chi connectivity index (χ1v) is 6.95. The number of cyclic esters (lactones) is 1. The van der Waals surface area contributed by atoms with Crippen molar-refractivity contribution < 1.29 is 9.53 Å². The maximum absolute atomic E-state index is 11.9. The number of ether oxygens (including phenoxy) is 1. The Morgan fingerprint density at radius 2 is 1.76 bits per heavy atom. The van der Waals surface area contributed by atoms with Crippen molar-refractivity contribution in [3.63, 3.8) is 0 Å². The zero-order valence-corrected chi connectivity index (χ0v) is 12.4. The van der Waals surface area contributed by atoms with Crippen LogP contribution in [-0.4, -0.2) is 11.9 Å². The van der Waals surface area contributed by atoms with Crippen LogP contribution in [0, 0.1) is 5.41 Å². The normalized spacial score (nSPS) is 17.2. The van der Waals surface area contributed by atoms with Crippen LogP contribution < -0.4 is 0 Å². The van der Waals surface area contributed by atoms with Crippen molar-refractivity contribution in [1.82, 2.24) is 0 Å². The van der Waals surface area contributed by atoms with Crippen molar-refractivity contribution in [3.05, 3.63) is 53.7 Å². The summed E-state index contributed by atoms with van der Waals surface area (Å²) in [5, 5.41) is 2.31. The molecule has 0 saturated heterocycles. The lowest BCUT2D eigenvalue weighted by atomic mass is 9.97. The van der Waals surface area contributed by atoms with Crippen molar-refractivity contribution in [2.24, 2.45) is 10.4 Å². The van der Waals surface area contributed by atoms with Crippen molar-refractivity contribution in [3.8, 4) is 0 Å². The number of rotatable bonds is 1. The van der Waals surface area contributed by atoms with Gasteiger partial charge in [-0.05, 0) is 28.5 Å². The molecule has 0 unspecified atom stereocenters. The van der Waals surface area contributed by atoms with Gasteiger partial charge < -0.3 is 4.74 Å². The summed E-state index contributed by atoms with van der Waals surface area (Å²) >= 11 is 0. The first-order chi connectivity index (χ1) is 9.93. The molecule has 0 radical (unpaired) electrons. The Labute approximate surface area is 124 Å². The van der Waals surface area contributed by atoms with Crippen molar-refractivity contribution in [2.75, 3.05) is 0 Å². The third-order valence-corrected chi connectivity index (χ3v) is 3.34. The molecule has 0 bridgehead atoms. The first-order valence-electron chi connectivity index (χ1n) is 6.95. The standard InChI is InChI=1S/C18H17NO2/c1-18(2,3)17-19-15(16(20)21-17)11-12-8-9-13-6-4-5-7-14(13)10-12/h4-11H,1-3H3/b15-11-. The van der Waals surface area contributed by atoms with Crippen LogP contribution in [-0.2, 0) is 9.53 Å². The summed E-state index contributed by atoms with van der Waals surface area (Å²) in [6.07, 6.45) is 1.77. The van der Waals surface area contributed by atoms with Gasteiger partial charge in [-0.15, -0.1) is 0 Å². The predicted octanol–water partition coefficient (Wildman–Crippen LogP) is 4.18. The smallest absolute Gasteiger partial charge is 0.363 e. The van der Waals surface area contributed by atoms with Crippen molar-refractivity contribution in [1.29, 1.82) is 0 Å². The summed E-state index contributed by atoms with van der Waals surface area (Å²) in [5.41, 5.74) is 1.03. The number of aliphatic imine (C=N–C) groups is 1. The zero-order valence-electron chi connectivity index (χ0n) is 12.4. The number of carbonyl (C=O) groups is 1. The minimum Gasteiger partial charge on any atom is -0.406 e. The Morgan fingerprint density at radius 1 is 1.05 bits per heavy atom. The van der Waals surface area contributed by atoms with Crippen LogP contribution in [0.15, 0.2) is 53.2 Å². The zero-order chi connectivity index (χ0) is 15.0. The van der Waals surface area contributed by atoms with Gasteiger partial charge in [-0.1, -0.05) is 57.2 Å². The van der Waals surface area contributed by atoms with E-state index in [1.807, 2.05) is 57.2 Å². The second kappa shape index (κ2) is 4.85. The lowest BCUT2D eigenvalue weighted by molar-refractivity contribution is -0.130. The molecule has 0 aromatic heterocycles. The Morgan fingerprint density at radius 3 is 2.43 bits per heavy atom. The van der Waals surface area contributed by atoms with E-state index in [0.29, 0.717) is 11.6 Å². The number of nitrogens with zero attached hydrogens (tertiary/aromatic N) is 1. The van der Waals surface area contributed by atoms with Gasteiger partial charge in [-0.3, -0.25) is 0 Å². The molecule has 21 heavy (non-hydrogen) atoms. The van der Waals surface area contributed by atoms with E-state index in [1.54, 1.807) is 6.08 Å². The molecule has 0 fully saturated rings. The van der Waals surface area contributed by atoms with Crippen molar-refractivity contribution >= 4 is 28.7 Å². The van der Waals surface area contributed by atoms with Crippen LogP contribution >= 0.6 is 0 Å². The SMILES string of the molecule is CC(C)(C)C1=N/C(=C\c2ccc3ccccc3c2)C(=O)O1. The minimum atomic E-state index is -0.381. The number of hydrogen-bond acceptors (Lipinski definition) is 3. The highest BCUT2D eigenvalue weighted by Crippen LogP contribution is 2.26. The number of hydrogen-bond donors (Lipinski definition) is 0. The lowest BCUT2D eigenvalue weighted by Crippen LogP contribution is -2.21. The number of benzene rings is 2. The Hall–Kier alpha value is -2.42. The molecular weight excluding hydrogens is 262 g/mol. The average molecular weight is 279 g/mol. The Bertz CT molecular complexity index is 779. The molecule has 1 aliphatic heterocycles. The fraction of sp³-hybridized carbons (Fsp3) is 0.222. The molecule has 3 heteroatoms. The van der Waals surface area contributed by atoms with E-state index in [-0.39, 0.29) is 11.4 Å². The molecule has 2 aromatic rings. The highest BCUT2D eigenvalue weighted by atomic mass is 16.6. The van der Waals surface area contributed by atoms with E-state index >= 15 is 0 Å². The van der Waals surface area contributed by atoms with E-state index in [2.05, 4.69) is 11.1 Å². The molecule has 1 heterocycles. The quantitative estimate of drug-likeness (QED) is 0.580. The highest BCUT2D eigenvalue weighted by molar-refractivity contribution is 6.08. The van der Waals surface area contributed by atoms with E-state index in [4.69, 9.17) is 4.74 Å². The van der Waals surface area contributed by atoms with Gasteiger partial charge in [-0.25, -0.2) is 9.79 Å². The van der Waals surface area contributed by atoms with Gasteiger partial charge in [0, 0.05) is 5.41 Å². The summed E-state index contributed by atoms with van der Waals surface area (Å²) in [4.78, 5) is 16.2. The molecule has 3 rings (SSSR count). The first kappa shape index (κ1) is 13.6.